The van der Waals surface area contributed by atoms with Gasteiger partial charge in [-0.05, 0) is 36.6 Å². The highest BCUT2D eigenvalue weighted by atomic mass is 32.1. The first-order valence-corrected chi connectivity index (χ1v) is 8.70. The lowest BCUT2D eigenvalue weighted by molar-refractivity contribution is -0.137. The van der Waals surface area contributed by atoms with Gasteiger partial charge in [-0.15, -0.1) is 11.3 Å². The summed E-state index contributed by atoms with van der Waals surface area (Å²) in [5.74, 6) is -0.0446. The third-order valence-corrected chi connectivity index (χ3v) is 4.31. The van der Waals surface area contributed by atoms with E-state index in [9.17, 15) is 9.59 Å². The fourth-order valence-corrected chi connectivity index (χ4v) is 2.74. The topological polar surface area (TPSA) is 82.4 Å². The fourth-order valence-electron chi connectivity index (χ4n) is 2.10. The highest BCUT2D eigenvalue weighted by Gasteiger charge is 2.16. The van der Waals surface area contributed by atoms with Gasteiger partial charge in [0.15, 0.2) is 6.61 Å². The molecule has 130 valence electrons. The molecule has 2 rings (SSSR count). The van der Waals surface area contributed by atoms with Crippen molar-refractivity contribution in [2.75, 3.05) is 19.7 Å². The molecule has 0 atom stereocenters. The van der Waals surface area contributed by atoms with Crippen molar-refractivity contribution >= 4 is 23.2 Å². The van der Waals surface area contributed by atoms with Crippen molar-refractivity contribution in [3.63, 3.8) is 0 Å². The summed E-state index contributed by atoms with van der Waals surface area (Å²) < 4.78 is 5.42. The first kappa shape index (κ1) is 18.5. The number of nitriles is 1. The van der Waals surface area contributed by atoms with E-state index in [0.29, 0.717) is 24.4 Å². The molecule has 2 aromatic rings. The second-order valence-electron chi connectivity index (χ2n) is 5.19. The van der Waals surface area contributed by atoms with Crippen molar-refractivity contribution in [1.82, 2.24) is 10.2 Å². The van der Waals surface area contributed by atoms with E-state index in [2.05, 4.69) is 5.32 Å². The van der Waals surface area contributed by atoms with Gasteiger partial charge in [0.2, 0.25) is 5.91 Å². The van der Waals surface area contributed by atoms with Crippen molar-refractivity contribution < 1.29 is 14.3 Å². The van der Waals surface area contributed by atoms with Crippen molar-refractivity contribution in [3.05, 3.63) is 52.2 Å². The SMILES string of the molecule is CCN(CC(=O)NCc1cccs1)C(=O)COc1cccc(C#N)c1. The van der Waals surface area contributed by atoms with Crippen LogP contribution in [0.5, 0.6) is 5.75 Å². The molecule has 1 aromatic carbocycles. The molecule has 0 unspecified atom stereocenters. The zero-order valence-corrected chi connectivity index (χ0v) is 14.7. The zero-order valence-electron chi connectivity index (χ0n) is 13.9. The van der Waals surface area contributed by atoms with Gasteiger partial charge in [-0.2, -0.15) is 5.26 Å². The molecule has 0 aliphatic carbocycles. The predicted molar refractivity (Wildman–Crippen MR) is 95.1 cm³/mol. The van der Waals surface area contributed by atoms with Crippen LogP contribution in [0.3, 0.4) is 0 Å². The number of carbonyl (C=O) groups excluding carboxylic acids is 2. The highest BCUT2D eigenvalue weighted by molar-refractivity contribution is 7.09. The van der Waals surface area contributed by atoms with E-state index in [1.807, 2.05) is 23.6 Å². The number of hydrogen-bond donors (Lipinski definition) is 1. The summed E-state index contributed by atoms with van der Waals surface area (Å²) in [5, 5.41) is 13.6. The Morgan fingerprint density at radius 3 is 2.84 bits per heavy atom. The van der Waals surface area contributed by atoms with E-state index in [0.717, 1.165) is 4.88 Å². The molecule has 1 N–H and O–H groups in total. The van der Waals surface area contributed by atoms with E-state index < -0.39 is 0 Å². The zero-order chi connectivity index (χ0) is 18.1. The van der Waals surface area contributed by atoms with Crippen LogP contribution in [0.25, 0.3) is 0 Å². The number of nitrogens with zero attached hydrogens (tertiary/aromatic N) is 2. The van der Waals surface area contributed by atoms with Crippen LogP contribution in [-0.4, -0.2) is 36.4 Å². The summed E-state index contributed by atoms with van der Waals surface area (Å²) in [7, 11) is 0. The van der Waals surface area contributed by atoms with Crippen molar-refractivity contribution in [2.24, 2.45) is 0 Å². The van der Waals surface area contributed by atoms with Gasteiger partial charge in [0.25, 0.3) is 5.91 Å². The van der Waals surface area contributed by atoms with Crippen molar-refractivity contribution in [1.29, 1.82) is 5.26 Å². The van der Waals surface area contributed by atoms with Gasteiger partial charge < -0.3 is 15.0 Å². The normalized spacial score (nSPS) is 9.92. The molecule has 1 heterocycles. The second kappa shape index (κ2) is 9.45. The quantitative estimate of drug-likeness (QED) is 0.785. The minimum absolute atomic E-state index is 0.0116. The molecule has 0 bridgehead atoms. The van der Waals surface area contributed by atoms with Crippen LogP contribution in [0.2, 0.25) is 0 Å². The molecule has 0 radical (unpaired) electrons. The van der Waals surface area contributed by atoms with Gasteiger partial charge in [-0.3, -0.25) is 9.59 Å². The number of rotatable bonds is 8. The summed E-state index contributed by atoms with van der Waals surface area (Å²) in [6, 6.07) is 12.5. The van der Waals surface area contributed by atoms with Crippen LogP contribution < -0.4 is 10.1 Å². The summed E-state index contributed by atoms with van der Waals surface area (Å²) in [5.41, 5.74) is 0.463. The summed E-state index contributed by atoms with van der Waals surface area (Å²) in [6.07, 6.45) is 0. The number of likely N-dealkylation sites (N-methyl/N-ethyl adjacent to an activating group) is 1. The Morgan fingerprint density at radius 2 is 2.16 bits per heavy atom. The third kappa shape index (κ3) is 5.94. The predicted octanol–water partition coefficient (Wildman–Crippen LogP) is 2.16. The van der Waals surface area contributed by atoms with Gasteiger partial charge in [-0.25, -0.2) is 0 Å². The largest absolute Gasteiger partial charge is 0.484 e. The Balaban J connectivity index is 1.81. The lowest BCUT2D eigenvalue weighted by Gasteiger charge is -2.20. The molecule has 7 heteroatoms. The molecule has 0 fully saturated rings. The Morgan fingerprint density at radius 1 is 1.32 bits per heavy atom. The summed E-state index contributed by atoms with van der Waals surface area (Å²) in [4.78, 5) is 26.7. The van der Waals surface area contributed by atoms with Crippen molar-refractivity contribution in [3.8, 4) is 11.8 Å². The maximum atomic E-state index is 12.2. The van der Waals surface area contributed by atoms with E-state index in [1.54, 1.807) is 42.5 Å². The monoisotopic (exact) mass is 357 g/mol. The Labute approximate surface area is 150 Å². The molecule has 0 aliphatic rings. The van der Waals surface area contributed by atoms with Gasteiger partial charge in [-0.1, -0.05) is 12.1 Å². The molecular formula is C18H19N3O3S. The highest BCUT2D eigenvalue weighted by Crippen LogP contribution is 2.12. The molecule has 0 aliphatic heterocycles. The molecule has 6 nitrogen and oxygen atoms in total. The number of benzene rings is 1. The standard InChI is InChI=1S/C18H19N3O3S/c1-2-21(12-17(22)20-11-16-7-4-8-25-16)18(23)13-24-15-6-3-5-14(9-15)10-19/h3-9H,2,11-13H2,1H3,(H,20,22). The Kier molecular flexibility index (Phi) is 6.99. The molecule has 25 heavy (non-hydrogen) atoms. The van der Waals surface area contributed by atoms with Gasteiger partial charge in [0.05, 0.1) is 24.7 Å². The van der Waals surface area contributed by atoms with E-state index in [-0.39, 0.29) is 25.0 Å². The van der Waals surface area contributed by atoms with Gasteiger partial charge >= 0.3 is 0 Å². The fraction of sp³-hybridized carbons (Fsp3) is 0.278. The number of carbonyl (C=O) groups is 2. The maximum absolute atomic E-state index is 12.2. The van der Waals surface area contributed by atoms with E-state index >= 15 is 0 Å². The Hall–Kier alpha value is -2.85. The van der Waals surface area contributed by atoms with E-state index in [4.69, 9.17) is 10.00 Å². The smallest absolute Gasteiger partial charge is 0.260 e. The molecular weight excluding hydrogens is 338 g/mol. The minimum Gasteiger partial charge on any atom is -0.484 e. The lowest BCUT2D eigenvalue weighted by atomic mass is 10.2. The van der Waals surface area contributed by atoms with Crippen LogP contribution in [0.1, 0.15) is 17.4 Å². The number of ether oxygens (including phenoxy) is 1. The first-order valence-electron chi connectivity index (χ1n) is 7.82. The summed E-state index contributed by atoms with van der Waals surface area (Å²) in [6.45, 7) is 2.48. The number of nitrogens with one attached hydrogen (secondary N) is 1. The average molecular weight is 357 g/mol. The minimum atomic E-state index is -0.281. The third-order valence-electron chi connectivity index (χ3n) is 3.43. The second-order valence-corrected chi connectivity index (χ2v) is 6.22. The van der Waals surface area contributed by atoms with Crippen LogP contribution in [0.15, 0.2) is 41.8 Å². The number of amides is 2. The summed E-state index contributed by atoms with van der Waals surface area (Å²) >= 11 is 1.57. The first-order chi connectivity index (χ1) is 12.1. The molecule has 0 saturated heterocycles. The molecule has 0 saturated carbocycles. The van der Waals surface area contributed by atoms with E-state index in [1.165, 1.54) is 4.90 Å². The van der Waals surface area contributed by atoms with Crippen LogP contribution >= 0.6 is 11.3 Å². The van der Waals surface area contributed by atoms with Crippen molar-refractivity contribution in [2.45, 2.75) is 13.5 Å². The van der Waals surface area contributed by atoms with Crippen LogP contribution in [-0.2, 0) is 16.1 Å². The Bertz CT molecular complexity index is 753. The van der Waals surface area contributed by atoms with Crippen LogP contribution in [0, 0.1) is 11.3 Å². The molecule has 1 aromatic heterocycles. The van der Waals surface area contributed by atoms with Crippen LogP contribution in [0.4, 0.5) is 0 Å². The maximum Gasteiger partial charge on any atom is 0.260 e. The van der Waals surface area contributed by atoms with Gasteiger partial charge in [0, 0.05) is 11.4 Å². The number of thiophene rings is 1. The number of hydrogen-bond acceptors (Lipinski definition) is 5. The lowest BCUT2D eigenvalue weighted by Crippen LogP contribution is -2.42. The molecule has 2 amide bonds. The molecule has 0 spiro atoms. The average Bonchev–Trinajstić information content (AvgIpc) is 3.16. The van der Waals surface area contributed by atoms with Gasteiger partial charge in [0.1, 0.15) is 5.75 Å².